The number of amides is 1. The van der Waals surface area contributed by atoms with Gasteiger partial charge in [0.15, 0.2) is 0 Å². The van der Waals surface area contributed by atoms with Crippen LogP contribution in [-0.4, -0.2) is 48.2 Å². The van der Waals surface area contributed by atoms with Gasteiger partial charge in [0.25, 0.3) is 10.0 Å². The van der Waals surface area contributed by atoms with Crippen LogP contribution >= 0.6 is 11.6 Å². The Bertz CT molecular complexity index is 932. The molecule has 0 fully saturated rings. The third kappa shape index (κ3) is 6.09. The second-order valence-corrected chi connectivity index (χ2v) is 8.61. The quantitative estimate of drug-likeness (QED) is 0.574. The molecule has 0 spiro atoms. The third-order valence-corrected chi connectivity index (χ3v) is 6.18. The number of methoxy groups -OCH3 is 2. The highest BCUT2D eigenvalue weighted by Crippen LogP contribution is 2.31. The molecule has 2 aromatic carbocycles. The highest BCUT2D eigenvalue weighted by Gasteiger charge is 2.30. The van der Waals surface area contributed by atoms with E-state index in [1.54, 1.807) is 50.4 Å². The minimum Gasteiger partial charge on any atom is -0.495 e. The van der Waals surface area contributed by atoms with Crippen LogP contribution in [0.4, 0.5) is 5.69 Å². The van der Waals surface area contributed by atoms with Gasteiger partial charge in [-0.15, -0.1) is 0 Å². The van der Waals surface area contributed by atoms with Gasteiger partial charge >= 0.3 is 0 Å². The van der Waals surface area contributed by atoms with Gasteiger partial charge in [0.05, 0.1) is 12.8 Å². The molecule has 158 valence electrons. The van der Waals surface area contributed by atoms with Crippen LogP contribution in [0, 0.1) is 6.92 Å². The maximum absolute atomic E-state index is 13.5. The van der Waals surface area contributed by atoms with Crippen molar-refractivity contribution in [1.82, 2.24) is 5.32 Å². The zero-order valence-electron chi connectivity index (χ0n) is 16.6. The first kappa shape index (κ1) is 23.0. The van der Waals surface area contributed by atoms with Crippen molar-refractivity contribution in [2.24, 2.45) is 0 Å². The van der Waals surface area contributed by atoms with E-state index in [1.807, 2.05) is 0 Å². The number of carbonyl (C=O) groups is 1. The van der Waals surface area contributed by atoms with Crippen LogP contribution in [0.3, 0.4) is 0 Å². The molecule has 0 atom stereocenters. The van der Waals surface area contributed by atoms with E-state index in [1.165, 1.54) is 13.2 Å². The summed E-state index contributed by atoms with van der Waals surface area (Å²) in [5.41, 5.74) is 1.08. The molecule has 0 saturated carbocycles. The molecule has 0 unspecified atom stereocenters. The molecule has 0 aliphatic heterocycles. The molecule has 0 saturated heterocycles. The highest BCUT2D eigenvalue weighted by atomic mass is 35.5. The average Bonchev–Trinajstić information content (AvgIpc) is 2.70. The number of nitrogens with zero attached hydrogens (tertiary/aromatic N) is 1. The Kier molecular flexibility index (Phi) is 8.31. The Hall–Kier alpha value is -2.29. The lowest BCUT2D eigenvalue weighted by Gasteiger charge is -2.25. The number of anilines is 1. The summed E-state index contributed by atoms with van der Waals surface area (Å²) in [7, 11) is -1.11. The van der Waals surface area contributed by atoms with Crippen LogP contribution in [0.5, 0.6) is 5.75 Å². The second kappa shape index (κ2) is 10.5. The zero-order chi connectivity index (χ0) is 21.4. The number of nitrogens with one attached hydrogen (secondary N) is 1. The normalized spacial score (nSPS) is 11.2. The molecule has 7 nitrogen and oxygen atoms in total. The summed E-state index contributed by atoms with van der Waals surface area (Å²) >= 11 is 5.94. The summed E-state index contributed by atoms with van der Waals surface area (Å²) in [6.45, 7) is 2.29. The molecule has 2 aromatic rings. The minimum atomic E-state index is -4.08. The molecule has 0 aromatic heterocycles. The average molecular weight is 441 g/mol. The molecule has 2 rings (SSSR count). The van der Waals surface area contributed by atoms with Gasteiger partial charge in [-0.2, -0.15) is 0 Å². The van der Waals surface area contributed by atoms with Crippen molar-refractivity contribution >= 4 is 33.2 Å². The lowest BCUT2D eigenvalue weighted by Crippen LogP contribution is -2.41. The SMILES string of the molecule is COCCCNC(=O)CN(c1ccc(Cl)cc1)S(=O)(=O)c1cc(C)ccc1OC. The predicted octanol–water partition coefficient (Wildman–Crippen LogP) is 3.01. The van der Waals surface area contributed by atoms with E-state index >= 15 is 0 Å². The topological polar surface area (TPSA) is 84.9 Å². The summed E-state index contributed by atoms with van der Waals surface area (Å²) in [6, 6.07) is 11.1. The fraction of sp³-hybridized carbons (Fsp3) is 0.350. The van der Waals surface area contributed by atoms with Gasteiger partial charge in [-0.25, -0.2) is 8.42 Å². The summed E-state index contributed by atoms with van der Waals surface area (Å²) in [5.74, 6) is -0.221. The highest BCUT2D eigenvalue weighted by molar-refractivity contribution is 7.93. The second-order valence-electron chi connectivity index (χ2n) is 6.34. The Morgan fingerprint density at radius 1 is 1.14 bits per heavy atom. The van der Waals surface area contributed by atoms with E-state index < -0.39 is 15.9 Å². The molecular weight excluding hydrogens is 416 g/mol. The fourth-order valence-electron chi connectivity index (χ4n) is 2.66. The Labute approximate surface area is 176 Å². The van der Waals surface area contributed by atoms with Crippen LogP contribution < -0.4 is 14.4 Å². The summed E-state index contributed by atoms with van der Waals surface area (Å²) < 4.78 is 38.2. The van der Waals surface area contributed by atoms with Gasteiger partial charge in [0.1, 0.15) is 17.2 Å². The molecular formula is C20H25ClN2O5S. The van der Waals surface area contributed by atoms with E-state index in [-0.39, 0.29) is 17.2 Å². The Morgan fingerprint density at radius 3 is 2.45 bits per heavy atom. The predicted molar refractivity (Wildman–Crippen MR) is 113 cm³/mol. The number of benzene rings is 2. The molecule has 0 aliphatic rings. The van der Waals surface area contributed by atoms with Gasteiger partial charge in [0.2, 0.25) is 5.91 Å². The van der Waals surface area contributed by atoms with Gasteiger partial charge in [-0.3, -0.25) is 9.10 Å². The molecule has 9 heteroatoms. The summed E-state index contributed by atoms with van der Waals surface area (Å²) in [6.07, 6.45) is 0.627. The van der Waals surface area contributed by atoms with Gasteiger partial charge in [-0.1, -0.05) is 17.7 Å². The van der Waals surface area contributed by atoms with Crippen molar-refractivity contribution in [2.75, 3.05) is 38.2 Å². The van der Waals surface area contributed by atoms with Crippen LogP contribution in [0.25, 0.3) is 0 Å². The van der Waals surface area contributed by atoms with E-state index in [9.17, 15) is 13.2 Å². The van der Waals surface area contributed by atoms with Crippen LogP contribution in [0.15, 0.2) is 47.4 Å². The first-order valence-corrected chi connectivity index (χ1v) is 10.8. The summed E-state index contributed by atoms with van der Waals surface area (Å²) in [4.78, 5) is 12.4. The number of halogens is 1. The molecule has 0 bridgehead atoms. The minimum absolute atomic E-state index is 0.0119. The molecule has 1 N–H and O–H groups in total. The van der Waals surface area contributed by atoms with E-state index in [2.05, 4.69) is 5.32 Å². The molecule has 0 aliphatic carbocycles. The monoisotopic (exact) mass is 440 g/mol. The molecule has 29 heavy (non-hydrogen) atoms. The fourth-order valence-corrected chi connectivity index (χ4v) is 4.45. The van der Waals surface area contributed by atoms with Crippen molar-refractivity contribution in [3.05, 3.63) is 53.1 Å². The third-order valence-electron chi connectivity index (χ3n) is 4.14. The molecule has 0 radical (unpaired) electrons. The van der Waals surface area contributed by atoms with Crippen molar-refractivity contribution < 1.29 is 22.7 Å². The van der Waals surface area contributed by atoms with E-state index in [0.29, 0.717) is 30.3 Å². The van der Waals surface area contributed by atoms with Crippen molar-refractivity contribution in [2.45, 2.75) is 18.2 Å². The van der Waals surface area contributed by atoms with Gasteiger partial charge in [-0.05, 0) is 55.3 Å². The number of hydrogen-bond donors (Lipinski definition) is 1. The standard InChI is InChI=1S/C20H25ClN2O5S/c1-15-5-10-18(28-3)19(13-15)29(25,26)23(17-8-6-16(21)7-9-17)14-20(24)22-11-4-12-27-2/h5-10,13H,4,11-12,14H2,1-3H3,(H,22,24). The number of rotatable bonds is 10. The number of carbonyl (C=O) groups excluding carboxylic acids is 1. The first-order valence-electron chi connectivity index (χ1n) is 8.98. The molecule has 1 amide bonds. The Balaban J connectivity index is 2.40. The number of aryl methyl sites for hydroxylation is 1. The van der Waals surface area contributed by atoms with Crippen LogP contribution in [-0.2, 0) is 19.6 Å². The van der Waals surface area contributed by atoms with Crippen molar-refractivity contribution in [1.29, 1.82) is 0 Å². The van der Waals surface area contributed by atoms with Crippen LogP contribution in [0.1, 0.15) is 12.0 Å². The number of hydrogen-bond acceptors (Lipinski definition) is 5. The van der Waals surface area contributed by atoms with Crippen molar-refractivity contribution in [3.8, 4) is 5.75 Å². The van der Waals surface area contributed by atoms with Gasteiger partial charge in [0, 0.05) is 25.3 Å². The van der Waals surface area contributed by atoms with Crippen LogP contribution in [0.2, 0.25) is 5.02 Å². The molecule has 0 heterocycles. The van der Waals surface area contributed by atoms with E-state index in [4.69, 9.17) is 21.1 Å². The number of sulfonamides is 1. The maximum Gasteiger partial charge on any atom is 0.268 e. The van der Waals surface area contributed by atoms with Gasteiger partial charge < -0.3 is 14.8 Å². The van der Waals surface area contributed by atoms with E-state index in [0.717, 1.165) is 9.87 Å². The first-order chi connectivity index (χ1) is 13.8. The zero-order valence-corrected chi connectivity index (χ0v) is 18.2. The lowest BCUT2D eigenvalue weighted by molar-refractivity contribution is -0.119. The lowest BCUT2D eigenvalue weighted by atomic mass is 10.2. The smallest absolute Gasteiger partial charge is 0.268 e. The number of ether oxygens (including phenoxy) is 2. The summed E-state index contributed by atoms with van der Waals surface area (Å²) in [5, 5.41) is 3.17. The van der Waals surface area contributed by atoms with Crippen molar-refractivity contribution in [3.63, 3.8) is 0 Å². The maximum atomic E-state index is 13.5. The Morgan fingerprint density at radius 2 is 1.83 bits per heavy atom. The largest absolute Gasteiger partial charge is 0.495 e.